The van der Waals surface area contributed by atoms with Crippen molar-refractivity contribution in [2.24, 2.45) is 0 Å². The van der Waals surface area contributed by atoms with E-state index in [2.05, 4.69) is 14.8 Å². The van der Waals surface area contributed by atoms with Gasteiger partial charge in [0.25, 0.3) is 11.2 Å². The number of ketones is 1. The first kappa shape index (κ1) is 24.0. The predicted molar refractivity (Wildman–Crippen MR) is 133 cm³/mol. The van der Waals surface area contributed by atoms with Gasteiger partial charge in [0.2, 0.25) is 0 Å². The molecule has 0 saturated carbocycles. The summed E-state index contributed by atoms with van der Waals surface area (Å²) in [6.45, 7) is 5.43. The number of non-ortho nitro benzene ring substituents is 1. The molecule has 1 saturated heterocycles. The summed E-state index contributed by atoms with van der Waals surface area (Å²) in [5, 5.41) is 21.1. The van der Waals surface area contributed by atoms with Gasteiger partial charge in [0.15, 0.2) is 5.78 Å². The Hall–Kier alpha value is -3.67. The topological polar surface area (TPSA) is 131 Å². The average Bonchev–Trinajstić information content (AvgIpc) is 3.18. The SMILES string of the molecule is COc1cnc2c(c1)C(=O)c1c-2n(CCCN2CCN(CCO)CC2)c(=O)c2cc([N+](=O)[O-])ccc12. The third-order valence-electron chi connectivity index (χ3n) is 7.00. The molecule has 0 atom stereocenters. The minimum Gasteiger partial charge on any atom is -0.495 e. The first-order chi connectivity index (χ1) is 17.4. The van der Waals surface area contributed by atoms with Gasteiger partial charge >= 0.3 is 0 Å². The first-order valence-corrected chi connectivity index (χ1v) is 11.9. The molecule has 36 heavy (non-hydrogen) atoms. The number of aliphatic hydroxyl groups is 1. The maximum Gasteiger partial charge on any atom is 0.270 e. The molecule has 0 amide bonds. The predicted octanol–water partition coefficient (Wildman–Crippen LogP) is 1.52. The summed E-state index contributed by atoms with van der Waals surface area (Å²) in [5.41, 5.74) is 0.992. The Morgan fingerprint density at radius 1 is 1.06 bits per heavy atom. The molecule has 3 heterocycles. The van der Waals surface area contributed by atoms with Crippen LogP contribution in [0.3, 0.4) is 0 Å². The molecule has 2 aromatic heterocycles. The number of rotatable bonds is 8. The standard InChI is InChI=1S/C25H27N5O6/c1-36-17-14-20-22(26-15-17)23-21(24(20)32)18-4-3-16(30(34)35)13-19(18)25(33)29(23)6-2-5-27-7-9-28(10-8-27)11-12-31/h3-4,13-15,31H,2,5-12H2,1H3. The number of benzene rings is 1. The fourth-order valence-electron chi connectivity index (χ4n) is 5.12. The Kier molecular flexibility index (Phi) is 6.52. The number of aliphatic hydroxyl groups excluding tert-OH is 1. The normalized spacial score (nSPS) is 15.8. The van der Waals surface area contributed by atoms with E-state index in [9.17, 15) is 19.7 Å². The van der Waals surface area contributed by atoms with E-state index in [0.29, 0.717) is 53.2 Å². The lowest BCUT2D eigenvalue weighted by atomic mass is 10.0. The van der Waals surface area contributed by atoms with Crippen LogP contribution in [0.4, 0.5) is 5.69 Å². The summed E-state index contributed by atoms with van der Waals surface area (Å²) >= 11 is 0. The van der Waals surface area contributed by atoms with Gasteiger partial charge in [-0.3, -0.25) is 29.6 Å². The lowest BCUT2D eigenvalue weighted by Crippen LogP contribution is -2.47. The first-order valence-electron chi connectivity index (χ1n) is 11.9. The van der Waals surface area contributed by atoms with Gasteiger partial charge in [-0.25, -0.2) is 0 Å². The monoisotopic (exact) mass is 493 g/mol. The zero-order valence-electron chi connectivity index (χ0n) is 20.0. The number of hydrogen-bond acceptors (Lipinski definition) is 9. The second-order valence-corrected chi connectivity index (χ2v) is 9.03. The number of carbonyl (C=O) groups excluding carboxylic acids is 1. The second kappa shape index (κ2) is 9.76. The summed E-state index contributed by atoms with van der Waals surface area (Å²) < 4.78 is 6.79. The molecule has 1 aliphatic carbocycles. The van der Waals surface area contributed by atoms with Crippen LogP contribution in [0.2, 0.25) is 0 Å². The Balaban J connectivity index is 1.52. The molecule has 11 nitrogen and oxygen atoms in total. The highest BCUT2D eigenvalue weighted by molar-refractivity contribution is 6.26. The number of piperazine rings is 1. The molecule has 0 unspecified atom stereocenters. The Morgan fingerprint density at radius 2 is 1.78 bits per heavy atom. The Bertz CT molecular complexity index is 1410. The van der Waals surface area contributed by atoms with E-state index in [-0.39, 0.29) is 29.0 Å². The number of nitrogens with zero attached hydrogens (tertiary/aromatic N) is 5. The van der Waals surface area contributed by atoms with Gasteiger partial charge in [-0.05, 0) is 25.1 Å². The van der Waals surface area contributed by atoms with Crippen molar-refractivity contribution in [2.75, 3.05) is 53.0 Å². The zero-order chi connectivity index (χ0) is 25.4. The molecule has 1 aliphatic heterocycles. The number of fused-ring (bicyclic) bond motifs is 5. The van der Waals surface area contributed by atoms with Crippen molar-refractivity contribution >= 4 is 22.2 Å². The van der Waals surface area contributed by atoms with Crippen molar-refractivity contribution in [2.45, 2.75) is 13.0 Å². The van der Waals surface area contributed by atoms with Crippen LogP contribution in [0.5, 0.6) is 5.75 Å². The molecule has 1 aromatic carbocycles. The van der Waals surface area contributed by atoms with Crippen LogP contribution < -0.4 is 10.3 Å². The van der Waals surface area contributed by atoms with Crippen molar-refractivity contribution < 1.29 is 19.6 Å². The molecule has 0 bridgehead atoms. The van der Waals surface area contributed by atoms with Crippen LogP contribution in [0.15, 0.2) is 35.3 Å². The van der Waals surface area contributed by atoms with Gasteiger partial charge in [-0.15, -0.1) is 0 Å². The van der Waals surface area contributed by atoms with Crippen LogP contribution in [0.1, 0.15) is 22.3 Å². The van der Waals surface area contributed by atoms with Crippen molar-refractivity contribution in [1.29, 1.82) is 0 Å². The number of nitro benzene ring substituents is 1. The quantitative estimate of drug-likeness (QED) is 0.287. The number of nitro groups is 1. The summed E-state index contributed by atoms with van der Waals surface area (Å²) in [6.07, 6.45) is 2.17. The van der Waals surface area contributed by atoms with Gasteiger partial charge in [-0.1, -0.05) is 0 Å². The molecule has 3 aromatic rings. The molecule has 5 rings (SSSR count). The van der Waals surface area contributed by atoms with Crippen LogP contribution in [-0.2, 0) is 6.54 Å². The number of pyridine rings is 2. The fraction of sp³-hybridized carbons (Fsp3) is 0.400. The van der Waals surface area contributed by atoms with Gasteiger partial charge < -0.3 is 19.3 Å². The summed E-state index contributed by atoms with van der Waals surface area (Å²) in [7, 11) is 1.49. The van der Waals surface area contributed by atoms with E-state index in [0.717, 1.165) is 32.7 Å². The fourth-order valence-corrected chi connectivity index (χ4v) is 5.12. The van der Waals surface area contributed by atoms with Gasteiger partial charge in [0.05, 0.1) is 52.7 Å². The number of ether oxygens (including phenoxy) is 1. The van der Waals surface area contributed by atoms with E-state index < -0.39 is 4.92 Å². The van der Waals surface area contributed by atoms with Crippen molar-refractivity contribution in [1.82, 2.24) is 19.4 Å². The van der Waals surface area contributed by atoms with Gasteiger partial charge in [0.1, 0.15) is 5.75 Å². The molecule has 1 N–H and O–H groups in total. The van der Waals surface area contributed by atoms with Crippen LogP contribution in [0.25, 0.3) is 22.2 Å². The molecular formula is C25H27N5O6. The summed E-state index contributed by atoms with van der Waals surface area (Å²) in [6, 6.07) is 5.65. The number of methoxy groups -OCH3 is 1. The zero-order valence-corrected chi connectivity index (χ0v) is 20.0. The van der Waals surface area contributed by atoms with Crippen LogP contribution in [-0.4, -0.2) is 88.1 Å². The number of aromatic nitrogens is 2. The Morgan fingerprint density at radius 3 is 2.44 bits per heavy atom. The second-order valence-electron chi connectivity index (χ2n) is 9.03. The molecule has 2 aliphatic rings. The molecule has 0 spiro atoms. The third-order valence-corrected chi connectivity index (χ3v) is 7.00. The van der Waals surface area contributed by atoms with E-state index in [1.807, 2.05) is 0 Å². The van der Waals surface area contributed by atoms with Crippen molar-refractivity contribution in [3.8, 4) is 17.1 Å². The van der Waals surface area contributed by atoms with Gasteiger partial charge in [-0.2, -0.15) is 0 Å². The third kappa shape index (κ3) is 4.15. The molecular weight excluding hydrogens is 466 g/mol. The lowest BCUT2D eigenvalue weighted by molar-refractivity contribution is -0.384. The number of hydrogen-bond donors (Lipinski definition) is 1. The highest BCUT2D eigenvalue weighted by Crippen LogP contribution is 2.39. The largest absolute Gasteiger partial charge is 0.495 e. The van der Waals surface area contributed by atoms with E-state index in [1.54, 1.807) is 10.6 Å². The summed E-state index contributed by atoms with van der Waals surface area (Å²) in [5.74, 6) is 0.156. The molecule has 1 fully saturated rings. The van der Waals surface area contributed by atoms with Gasteiger partial charge in [0, 0.05) is 56.8 Å². The van der Waals surface area contributed by atoms with Crippen molar-refractivity contribution in [3.63, 3.8) is 0 Å². The maximum absolute atomic E-state index is 13.6. The minimum absolute atomic E-state index is 0.147. The maximum atomic E-state index is 13.6. The average molecular weight is 494 g/mol. The molecule has 0 radical (unpaired) electrons. The van der Waals surface area contributed by atoms with E-state index in [1.165, 1.54) is 31.5 Å². The Labute approximate surface area is 206 Å². The smallest absolute Gasteiger partial charge is 0.270 e. The number of carbonyl (C=O) groups is 1. The van der Waals surface area contributed by atoms with Crippen molar-refractivity contribution in [3.05, 3.63) is 62.1 Å². The summed E-state index contributed by atoms with van der Waals surface area (Å²) in [4.78, 5) is 46.9. The highest BCUT2D eigenvalue weighted by atomic mass is 16.6. The van der Waals surface area contributed by atoms with E-state index >= 15 is 0 Å². The molecule has 11 heteroatoms. The number of β-amino-alcohol motifs (C(OH)–C–C–N with tert-alkyl or cyclic N) is 1. The highest BCUT2D eigenvalue weighted by Gasteiger charge is 2.34. The van der Waals surface area contributed by atoms with E-state index in [4.69, 9.17) is 9.84 Å². The lowest BCUT2D eigenvalue weighted by Gasteiger charge is -2.34. The minimum atomic E-state index is -0.546. The van der Waals surface area contributed by atoms with Crippen LogP contribution >= 0.6 is 0 Å². The molecule has 188 valence electrons. The van der Waals surface area contributed by atoms with Crippen LogP contribution in [0, 0.1) is 10.1 Å².